The van der Waals surface area contributed by atoms with E-state index in [9.17, 15) is 15.1 Å². The molecule has 1 fully saturated rings. The summed E-state index contributed by atoms with van der Waals surface area (Å²) < 4.78 is 10.2. The Bertz CT molecular complexity index is 838. The lowest BCUT2D eigenvalue weighted by Gasteiger charge is -2.58. The summed E-state index contributed by atoms with van der Waals surface area (Å²) in [5.41, 5.74) is 2.19. The van der Waals surface area contributed by atoms with E-state index in [-0.39, 0.29) is 17.6 Å². The van der Waals surface area contributed by atoms with Crippen LogP contribution in [-0.2, 0) is 21.4 Å². The maximum Gasteiger partial charge on any atom is 0.220 e. The van der Waals surface area contributed by atoms with Crippen molar-refractivity contribution in [3.8, 4) is 11.5 Å². The fourth-order valence-electron chi connectivity index (χ4n) is 4.58. The molecule has 0 radical (unpaired) electrons. The van der Waals surface area contributed by atoms with E-state index in [1.807, 2.05) is 12.1 Å². The summed E-state index contributed by atoms with van der Waals surface area (Å²) in [5, 5.41) is 23.2. The second kappa shape index (κ2) is 5.09. The highest BCUT2D eigenvalue weighted by molar-refractivity contribution is 6.05. The van der Waals surface area contributed by atoms with Crippen LogP contribution in [-0.4, -0.2) is 49.4 Å². The van der Waals surface area contributed by atoms with Gasteiger partial charge < -0.3 is 24.4 Å². The van der Waals surface area contributed by atoms with Crippen molar-refractivity contribution in [2.24, 2.45) is 0 Å². The Labute approximate surface area is 146 Å². The lowest BCUT2D eigenvalue weighted by atomic mass is 9.58. The van der Waals surface area contributed by atoms with Crippen LogP contribution in [0.15, 0.2) is 35.6 Å². The number of piperidine rings is 1. The second-order valence-electron chi connectivity index (χ2n) is 7.20. The summed E-state index contributed by atoms with van der Waals surface area (Å²) in [5.74, 6) is 0.546. The van der Waals surface area contributed by atoms with Crippen LogP contribution in [0.1, 0.15) is 17.5 Å². The quantitative estimate of drug-likeness (QED) is 0.656. The van der Waals surface area contributed by atoms with Crippen LogP contribution in [0, 0.1) is 5.21 Å². The zero-order chi connectivity index (χ0) is 18.0. The molecule has 2 aliphatic carbocycles. The first kappa shape index (κ1) is 16.2. The smallest absolute Gasteiger partial charge is 0.220 e. The summed E-state index contributed by atoms with van der Waals surface area (Å²) in [6.45, 7) is 0.451. The van der Waals surface area contributed by atoms with E-state index in [1.54, 1.807) is 19.2 Å². The van der Waals surface area contributed by atoms with Gasteiger partial charge in [0, 0.05) is 18.4 Å². The number of phenolic OH excluding ortho intramolecular Hbond substituents is 1. The van der Waals surface area contributed by atoms with E-state index in [1.165, 1.54) is 14.2 Å². The second-order valence-corrected chi connectivity index (χ2v) is 7.20. The number of aromatic hydroxyl groups is 1. The van der Waals surface area contributed by atoms with Crippen LogP contribution in [0.5, 0.6) is 11.5 Å². The summed E-state index contributed by atoms with van der Waals surface area (Å²) in [6, 6.07) is 3.17. The number of likely N-dealkylation sites (tertiary alicyclic amines) is 1. The average molecular weight is 343 g/mol. The van der Waals surface area contributed by atoms with E-state index in [0.717, 1.165) is 16.7 Å². The SMILES string of the molecule is COC1=C[C@]23CC[N@+](C)([O-])[C@H](Cc4cc(O)c(OC)cc42)C3=CC1=O. The number of methoxy groups -OCH3 is 2. The largest absolute Gasteiger partial charge is 0.633 e. The molecule has 0 aromatic heterocycles. The molecule has 0 unspecified atom stereocenters. The summed E-state index contributed by atoms with van der Waals surface area (Å²) in [7, 11) is 4.65. The fraction of sp³-hybridized carbons (Fsp3) is 0.421. The van der Waals surface area contributed by atoms with Gasteiger partial charge in [0.2, 0.25) is 5.78 Å². The van der Waals surface area contributed by atoms with Gasteiger partial charge in [-0.05, 0) is 35.4 Å². The monoisotopic (exact) mass is 343 g/mol. The molecule has 2 bridgehead atoms. The Hall–Kier alpha value is -2.31. The van der Waals surface area contributed by atoms with Gasteiger partial charge >= 0.3 is 0 Å². The molecule has 3 aliphatic rings. The van der Waals surface area contributed by atoms with Crippen LogP contribution in [0.25, 0.3) is 0 Å². The average Bonchev–Trinajstić information content (AvgIpc) is 2.57. The Balaban J connectivity index is 2.02. The predicted octanol–water partition coefficient (Wildman–Crippen LogP) is 1.95. The molecule has 1 N–H and O–H groups in total. The van der Waals surface area contributed by atoms with Crippen LogP contribution in [0.4, 0.5) is 0 Å². The molecule has 25 heavy (non-hydrogen) atoms. The Morgan fingerprint density at radius 1 is 1.32 bits per heavy atom. The van der Waals surface area contributed by atoms with Crippen LogP contribution in [0.2, 0.25) is 0 Å². The number of carbonyl (C=O) groups excluding carboxylic acids is 1. The number of likely N-dealkylation sites (N-methyl/N-ethyl adjacent to an activating group) is 1. The lowest BCUT2D eigenvalue weighted by Crippen LogP contribution is -2.61. The number of hydroxylamine groups is 3. The topological polar surface area (TPSA) is 78.8 Å². The van der Waals surface area contributed by atoms with Crippen LogP contribution < -0.4 is 4.74 Å². The Morgan fingerprint density at radius 3 is 2.76 bits per heavy atom. The standard InChI is InChI=1S/C19H21NO5/c1-20(23)5-4-19-10-18(25-3)16(22)8-13(19)14(20)6-11-7-15(21)17(24-2)9-12(11)19/h7-10,14,21H,4-6H2,1-3H3/t14-,19-,20+/m1/s1. The van der Waals surface area contributed by atoms with Crippen molar-refractivity contribution in [2.45, 2.75) is 24.3 Å². The van der Waals surface area contributed by atoms with Crippen molar-refractivity contribution in [1.29, 1.82) is 0 Å². The van der Waals surface area contributed by atoms with Gasteiger partial charge in [-0.25, -0.2) is 0 Å². The summed E-state index contributed by atoms with van der Waals surface area (Å²) in [4.78, 5) is 12.4. The molecule has 0 saturated carbocycles. The molecule has 132 valence electrons. The maximum absolute atomic E-state index is 13.0. The van der Waals surface area contributed by atoms with E-state index in [0.29, 0.717) is 30.9 Å². The molecule has 3 atom stereocenters. The number of phenols is 1. The number of hydrogen-bond donors (Lipinski definition) is 1. The fourth-order valence-corrected chi connectivity index (χ4v) is 4.58. The molecule has 0 amide bonds. The van der Waals surface area contributed by atoms with Gasteiger partial charge in [-0.3, -0.25) is 4.79 Å². The first-order valence-electron chi connectivity index (χ1n) is 8.32. The maximum atomic E-state index is 13.0. The van der Waals surface area contributed by atoms with E-state index < -0.39 is 10.1 Å². The van der Waals surface area contributed by atoms with Crippen molar-refractivity contribution < 1.29 is 24.0 Å². The highest BCUT2D eigenvalue weighted by Gasteiger charge is 2.54. The van der Waals surface area contributed by atoms with E-state index in [2.05, 4.69) is 0 Å². The number of fused-ring (bicyclic) bond motifs is 1. The van der Waals surface area contributed by atoms with Gasteiger partial charge in [-0.1, -0.05) is 0 Å². The van der Waals surface area contributed by atoms with Gasteiger partial charge in [-0.2, -0.15) is 0 Å². The third-order valence-electron chi connectivity index (χ3n) is 5.91. The molecule has 1 aliphatic heterocycles. The van der Waals surface area contributed by atoms with Crippen LogP contribution in [0.3, 0.4) is 0 Å². The minimum atomic E-state index is -0.555. The summed E-state index contributed by atoms with van der Waals surface area (Å²) >= 11 is 0. The molecule has 1 aromatic rings. The first-order chi connectivity index (χ1) is 11.8. The van der Waals surface area contributed by atoms with Gasteiger partial charge in [0.25, 0.3) is 0 Å². The number of hydrogen-bond acceptors (Lipinski definition) is 5. The van der Waals surface area contributed by atoms with Crippen molar-refractivity contribution in [3.63, 3.8) is 0 Å². The third kappa shape index (κ3) is 2.07. The zero-order valence-corrected chi connectivity index (χ0v) is 14.5. The molecule has 1 heterocycles. The number of ether oxygens (including phenoxy) is 2. The number of ketones is 1. The van der Waals surface area contributed by atoms with Crippen molar-refractivity contribution in [2.75, 3.05) is 27.8 Å². The molecule has 0 spiro atoms. The van der Waals surface area contributed by atoms with Crippen LogP contribution >= 0.6 is 0 Å². The number of carbonyl (C=O) groups is 1. The van der Waals surface area contributed by atoms with Gasteiger partial charge in [0.05, 0.1) is 33.2 Å². The Morgan fingerprint density at radius 2 is 2.08 bits per heavy atom. The minimum Gasteiger partial charge on any atom is -0.633 e. The minimum absolute atomic E-state index is 0.0612. The molecule has 1 saturated heterocycles. The molecular weight excluding hydrogens is 322 g/mol. The van der Waals surface area contributed by atoms with Crippen molar-refractivity contribution in [1.82, 2.24) is 0 Å². The van der Waals surface area contributed by atoms with E-state index in [4.69, 9.17) is 9.47 Å². The highest BCUT2D eigenvalue weighted by atomic mass is 16.5. The molecule has 1 aromatic carbocycles. The van der Waals surface area contributed by atoms with Crippen molar-refractivity contribution >= 4 is 5.78 Å². The lowest BCUT2D eigenvalue weighted by molar-refractivity contribution is -0.886. The number of quaternary nitrogens is 1. The normalized spacial score (nSPS) is 33.0. The first-order valence-corrected chi connectivity index (χ1v) is 8.32. The van der Waals surface area contributed by atoms with E-state index >= 15 is 0 Å². The number of benzene rings is 1. The Kier molecular flexibility index (Phi) is 3.30. The number of nitrogens with zero attached hydrogens (tertiary/aromatic N) is 1. The van der Waals surface area contributed by atoms with Gasteiger partial charge in [0.1, 0.15) is 6.04 Å². The molecular formula is C19H21NO5. The molecule has 6 nitrogen and oxygen atoms in total. The van der Waals surface area contributed by atoms with Crippen molar-refractivity contribution in [3.05, 3.63) is 52.0 Å². The van der Waals surface area contributed by atoms with Gasteiger partial charge in [0.15, 0.2) is 17.3 Å². The van der Waals surface area contributed by atoms with Gasteiger partial charge in [-0.15, -0.1) is 0 Å². The summed E-state index contributed by atoms with van der Waals surface area (Å²) in [6.07, 6.45) is 4.50. The number of rotatable bonds is 2. The highest BCUT2D eigenvalue weighted by Crippen LogP contribution is 2.54. The predicted molar refractivity (Wildman–Crippen MR) is 91.0 cm³/mol. The zero-order valence-electron chi connectivity index (χ0n) is 14.5. The number of allylic oxidation sites excluding steroid dienone is 2. The molecule has 4 rings (SSSR count). The molecule has 6 heteroatoms. The third-order valence-corrected chi connectivity index (χ3v) is 5.91.